The first-order valence-electron chi connectivity index (χ1n) is 10.2. The van der Waals surface area contributed by atoms with Gasteiger partial charge in [-0.2, -0.15) is 0 Å². The summed E-state index contributed by atoms with van der Waals surface area (Å²) in [4.78, 5) is 1.89. The first kappa shape index (κ1) is 18.4. The van der Waals surface area contributed by atoms with E-state index < -0.39 is 0 Å². The summed E-state index contributed by atoms with van der Waals surface area (Å²) in [5.41, 5.74) is 1.94. The highest BCUT2D eigenvalue weighted by atomic mass is 32.2. The number of hydrogen-bond donors (Lipinski definition) is 0. The fourth-order valence-electron chi connectivity index (χ4n) is 4.46. The Kier molecular flexibility index (Phi) is 9.04. The van der Waals surface area contributed by atoms with E-state index >= 15 is 0 Å². The standard InChI is InChI=1S/C21H38S/c1-3-5-13-18-14-9-7-6-8-10-15-19(12-4-2)21-20(18)16-11-17-22-21/h18-19H,3-17H2,1-2H3. The lowest BCUT2D eigenvalue weighted by molar-refractivity contribution is 0.447. The molecule has 0 nitrogen and oxygen atoms in total. The zero-order chi connectivity index (χ0) is 15.6. The largest absolute Gasteiger partial charge is 0.130 e. The second-order valence-electron chi connectivity index (χ2n) is 7.51. The van der Waals surface area contributed by atoms with E-state index in [0.717, 1.165) is 11.8 Å². The van der Waals surface area contributed by atoms with Crippen LogP contribution in [0.15, 0.2) is 10.5 Å². The molecule has 2 rings (SSSR count). The molecule has 1 heterocycles. The number of unbranched alkanes of at least 4 members (excludes halogenated alkanes) is 1. The Hall–Kier alpha value is 0.0900. The molecular formula is C21H38S. The van der Waals surface area contributed by atoms with Crippen LogP contribution in [0.5, 0.6) is 0 Å². The van der Waals surface area contributed by atoms with Crippen LogP contribution < -0.4 is 0 Å². The quantitative estimate of drug-likeness (QED) is 0.499. The average Bonchev–Trinajstić information content (AvgIpc) is 2.58. The molecule has 0 aromatic carbocycles. The normalized spacial score (nSPS) is 28.1. The number of rotatable bonds is 5. The van der Waals surface area contributed by atoms with E-state index in [0.29, 0.717) is 0 Å². The smallest absolute Gasteiger partial charge is 0.00201 e. The highest BCUT2D eigenvalue weighted by Gasteiger charge is 2.26. The molecule has 0 saturated heterocycles. The molecule has 22 heavy (non-hydrogen) atoms. The molecule has 2 aliphatic rings. The lowest BCUT2D eigenvalue weighted by Gasteiger charge is -2.31. The number of thioether (sulfide) groups is 1. The van der Waals surface area contributed by atoms with Crippen LogP contribution in [0.3, 0.4) is 0 Å². The van der Waals surface area contributed by atoms with Crippen LogP contribution in [0.4, 0.5) is 0 Å². The Morgan fingerprint density at radius 3 is 2.27 bits per heavy atom. The topological polar surface area (TPSA) is 0 Å². The molecule has 0 saturated carbocycles. The highest BCUT2D eigenvalue weighted by molar-refractivity contribution is 8.03. The van der Waals surface area contributed by atoms with Crippen molar-refractivity contribution in [2.45, 2.75) is 104 Å². The van der Waals surface area contributed by atoms with E-state index in [1.165, 1.54) is 95.6 Å². The summed E-state index contributed by atoms with van der Waals surface area (Å²) >= 11 is 2.26. The van der Waals surface area contributed by atoms with E-state index in [4.69, 9.17) is 0 Å². The van der Waals surface area contributed by atoms with Crippen molar-refractivity contribution in [1.82, 2.24) is 0 Å². The van der Waals surface area contributed by atoms with Gasteiger partial charge in [0, 0.05) is 0 Å². The van der Waals surface area contributed by atoms with E-state index in [2.05, 4.69) is 25.6 Å². The van der Waals surface area contributed by atoms with Crippen LogP contribution in [-0.4, -0.2) is 5.75 Å². The maximum Gasteiger partial charge on any atom is -0.00201 e. The van der Waals surface area contributed by atoms with Gasteiger partial charge in [0.1, 0.15) is 0 Å². The van der Waals surface area contributed by atoms with Crippen LogP contribution in [0.2, 0.25) is 0 Å². The predicted molar refractivity (Wildman–Crippen MR) is 102 cm³/mol. The third-order valence-electron chi connectivity index (χ3n) is 5.68. The lowest BCUT2D eigenvalue weighted by atomic mass is 9.83. The monoisotopic (exact) mass is 322 g/mol. The van der Waals surface area contributed by atoms with Gasteiger partial charge in [-0.15, -0.1) is 11.8 Å². The minimum Gasteiger partial charge on any atom is -0.130 e. The molecule has 2 atom stereocenters. The molecule has 0 radical (unpaired) electrons. The molecule has 128 valence electrons. The fraction of sp³-hybridized carbons (Fsp3) is 0.905. The molecule has 1 heteroatoms. The maximum atomic E-state index is 2.38. The zero-order valence-electron chi connectivity index (χ0n) is 15.2. The zero-order valence-corrected chi connectivity index (χ0v) is 16.0. The van der Waals surface area contributed by atoms with Gasteiger partial charge in [-0.1, -0.05) is 70.8 Å². The Bertz CT molecular complexity index is 331. The molecule has 0 amide bonds. The first-order valence-corrected chi connectivity index (χ1v) is 11.2. The van der Waals surface area contributed by atoms with Crippen molar-refractivity contribution in [1.29, 1.82) is 0 Å². The van der Waals surface area contributed by atoms with Gasteiger partial charge in [-0.3, -0.25) is 0 Å². The van der Waals surface area contributed by atoms with Crippen molar-refractivity contribution in [3.8, 4) is 0 Å². The van der Waals surface area contributed by atoms with Crippen molar-refractivity contribution in [3.63, 3.8) is 0 Å². The third-order valence-corrected chi connectivity index (χ3v) is 7.08. The van der Waals surface area contributed by atoms with E-state index in [1.54, 1.807) is 0 Å². The summed E-state index contributed by atoms with van der Waals surface area (Å²) in [7, 11) is 0. The molecular weight excluding hydrogens is 284 g/mol. The fourth-order valence-corrected chi connectivity index (χ4v) is 5.89. The van der Waals surface area contributed by atoms with Gasteiger partial charge in [0.05, 0.1) is 0 Å². The summed E-state index contributed by atoms with van der Waals surface area (Å²) in [6, 6.07) is 0. The number of hydrogen-bond acceptors (Lipinski definition) is 1. The van der Waals surface area contributed by atoms with Gasteiger partial charge in [-0.05, 0) is 61.0 Å². The van der Waals surface area contributed by atoms with Crippen LogP contribution in [0, 0.1) is 11.8 Å². The van der Waals surface area contributed by atoms with Crippen LogP contribution in [0.25, 0.3) is 0 Å². The van der Waals surface area contributed by atoms with Gasteiger partial charge in [0.2, 0.25) is 0 Å². The molecule has 0 spiro atoms. The van der Waals surface area contributed by atoms with Crippen molar-refractivity contribution >= 4 is 11.8 Å². The van der Waals surface area contributed by atoms with Crippen molar-refractivity contribution in [3.05, 3.63) is 10.5 Å². The van der Waals surface area contributed by atoms with Crippen LogP contribution in [-0.2, 0) is 0 Å². The molecule has 1 aliphatic carbocycles. The Morgan fingerprint density at radius 1 is 0.818 bits per heavy atom. The molecule has 2 unspecified atom stereocenters. The molecule has 0 fully saturated rings. The Morgan fingerprint density at radius 2 is 1.55 bits per heavy atom. The minimum atomic E-state index is 0.910. The second kappa shape index (κ2) is 10.8. The van der Waals surface area contributed by atoms with E-state index in [-0.39, 0.29) is 0 Å². The summed E-state index contributed by atoms with van der Waals surface area (Å²) in [5, 5.41) is 0. The summed E-state index contributed by atoms with van der Waals surface area (Å²) in [6.45, 7) is 4.74. The van der Waals surface area contributed by atoms with Crippen molar-refractivity contribution < 1.29 is 0 Å². The first-order chi connectivity index (χ1) is 10.9. The molecule has 0 aromatic rings. The van der Waals surface area contributed by atoms with Gasteiger partial charge >= 0.3 is 0 Å². The summed E-state index contributed by atoms with van der Waals surface area (Å²) in [5.74, 6) is 3.23. The molecule has 0 N–H and O–H groups in total. The Balaban J connectivity index is 2.21. The Labute approximate surface area is 143 Å². The van der Waals surface area contributed by atoms with Gasteiger partial charge < -0.3 is 0 Å². The van der Waals surface area contributed by atoms with Crippen LogP contribution in [0.1, 0.15) is 104 Å². The molecule has 0 aromatic heterocycles. The summed E-state index contributed by atoms with van der Waals surface area (Å²) in [6.07, 6.45) is 20.3. The van der Waals surface area contributed by atoms with Gasteiger partial charge in [0.15, 0.2) is 0 Å². The van der Waals surface area contributed by atoms with E-state index in [9.17, 15) is 0 Å². The maximum absolute atomic E-state index is 2.38. The summed E-state index contributed by atoms with van der Waals surface area (Å²) < 4.78 is 0. The van der Waals surface area contributed by atoms with Crippen molar-refractivity contribution in [2.24, 2.45) is 11.8 Å². The number of allylic oxidation sites excluding steroid dienone is 2. The lowest BCUT2D eigenvalue weighted by Crippen LogP contribution is -2.15. The highest BCUT2D eigenvalue weighted by Crippen LogP contribution is 2.44. The van der Waals surface area contributed by atoms with Gasteiger partial charge in [0.25, 0.3) is 0 Å². The molecule has 1 aliphatic heterocycles. The van der Waals surface area contributed by atoms with Crippen molar-refractivity contribution in [2.75, 3.05) is 5.75 Å². The van der Waals surface area contributed by atoms with E-state index in [1.807, 2.05) is 10.5 Å². The third kappa shape index (κ3) is 5.62. The minimum absolute atomic E-state index is 0.910. The van der Waals surface area contributed by atoms with Crippen LogP contribution >= 0.6 is 11.8 Å². The average molecular weight is 323 g/mol. The molecule has 0 bridgehead atoms. The predicted octanol–water partition coefficient (Wildman–Crippen LogP) is 7.73. The SMILES string of the molecule is CCCCC1CCCCCCCC(CCC)C2=C1CCCS2. The van der Waals surface area contributed by atoms with Gasteiger partial charge in [-0.25, -0.2) is 0 Å². The second-order valence-corrected chi connectivity index (χ2v) is 8.65.